The highest BCUT2D eigenvalue weighted by Crippen LogP contribution is 2.10. The van der Waals surface area contributed by atoms with Gasteiger partial charge in [-0.15, -0.1) is 0 Å². The van der Waals surface area contributed by atoms with Crippen molar-refractivity contribution in [3.63, 3.8) is 0 Å². The molecular formula is C13H20ClNO. The van der Waals surface area contributed by atoms with Gasteiger partial charge in [0.15, 0.2) is 0 Å². The molecule has 1 aromatic carbocycles. The molecule has 0 aliphatic carbocycles. The average molecular weight is 242 g/mol. The van der Waals surface area contributed by atoms with Gasteiger partial charge in [-0.2, -0.15) is 0 Å². The molecule has 16 heavy (non-hydrogen) atoms. The van der Waals surface area contributed by atoms with Gasteiger partial charge >= 0.3 is 0 Å². The monoisotopic (exact) mass is 241 g/mol. The standard InChI is InChI=1S/C13H20ClNO/c1-10(2)13(9-16-3)15-8-11-4-6-12(14)7-5-11/h4-7,10,13,15H,8-9H2,1-3H3. The molecule has 0 saturated carbocycles. The molecule has 1 rings (SSSR count). The zero-order valence-electron chi connectivity index (χ0n) is 10.2. The van der Waals surface area contributed by atoms with Crippen molar-refractivity contribution in [2.45, 2.75) is 26.4 Å². The van der Waals surface area contributed by atoms with Gasteiger partial charge < -0.3 is 10.1 Å². The number of hydrogen-bond acceptors (Lipinski definition) is 2. The van der Waals surface area contributed by atoms with Gasteiger partial charge in [0.05, 0.1) is 6.61 Å². The summed E-state index contributed by atoms with van der Waals surface area (Å²) >= 11 is 5.83. The Morgan fingerprint density at radius 3 is 2.38 bits per heavy atom. The van der Waals surface area contributed by atoms with Crippen LogP contribution in [0.25, 0.3) is 0 Å². The molecular weight excluding hydrogens is 222 g/mol. The Morgan fingerprint density at radius 1 is 1.25 bits per heavy atom. The number of hydrogen-bond donors (Lipinski definition) is 1. The quantitative estimate of drug-likeness (QED) is 0.827. The maximum absolute atomic E-state index is 5.83. The third-order valence-electron chi connectivity index (χ3n) is 2.63. The molecule has 1 atom stereocenters. The lowest BCUT2D eigenvalue weighted by Gasteiger charge is -2.21. The van der Waals surface area contributed by atoms with E-state index in [0.29, 0.717) is 12.0 Å². The van der Waals surface area contributed by atoms with Crippen LogP contribution in [0.5, 0.6) is 0 Å². The van der Waals surface area contributed by atoms with Crippen LogP contribution >= 0.6 is 11.6 Å². The normalized spacial score (nSPS) is 13.1. The van der Waals surface area contributed by atoms with Gasteiger partial charge in [-0.05, 0) is 23.6 Å². The van der Waals surface area contributed by atoms with Crippen LogP contribution in [0.15, 0.2) is 24.3 Å². The smallest absolute Gasteiger partial charge is 0.0618 e. The summed E-state index contributed by atoms with van der Waals surface area (Å²) < 4.78 is 5.19. The number of benzene rings is 1. The summed E-state index contributed by atoms with van der Waals surface area (Å²) in [4.78, 5) is 0. The van der Waals surface area contributed by atoms with Crippen molar-refractivity contribution in [2.75, 3.05) is 13.7 Å². The summed E-state index contributed by atoms with van der Waals surface area (Å²) in [7, 11) is 1.74. The van der Waals surface area contributed by atoms with Crippen molar-refractivity contribution in [1.82, 2.24) is 5.32 Å². The highest BCUT2D eigenvalue weighted by atomic mass is 35.5. The minimum Gasteiger partial charge on any atom is -0.383 e. The molecule has 0 fully saturated rings. The van der Waals surface area contributed by atoms with E-state index < -0.39 is 0 Å². The van der Waals surface area contributed by atoms with E-state index in [2.05, 4.69) is 19.2 Å². The molecule has 3 heteroatoms. The van der Waals surface area contributed by atoms with Gasteiger partial charge in [0, 0.05) is 24.7 Å². The molecule has 0 aliphatic rings. The van der Waals surface area contributed by atoms with Gasteiger partial charge in [-0.1, -0.05) is 37.6 Å². The highest BCUT2D eigenvalue weighted by Gasteiger charge is 2.11. The third kappa shape index (κ3) is 4.52. The van der Waals surface area contributed by atoms with Crippen LogP contribution in [-0.2, 0) is 11.3 Å². The minimum absolute atomic E-state index is 0.390. The Morgan fingerprint density at radius 2 is 1.88 bits per heavy atom. The van der Waals surface area contributed by atoms with Crippen LogP contribution in [0.1, 0.15) is 19.4 Å². The molecule has 1 aromatic rings. The Labute approximate surface area is 103 Å². The van der Waals surface area contributed by atoms with Crippen molar-refractivity contribution in [3.8, 4) is 0 Å². The van der Waals surface area contributed by atoms with E-state index in [-0.39, 0.29) is 0 Å². The van der Waals surface area contributed by atoms with E-state index in [1.165, 1.54) is 5.56 Å². The molecule has 0 amide bonds. The van der Waals surface area contributed by atoms with Gasteiger partial charge in [0.1, 0.15) is 0 Å². The Kier molecular flexibility index (Phi) is 5.81. The maximum atomic E-state index is 5.83. The molecule has 0 radical (unpaired) electrons. The largest absolute Gasteiger partial charge is 0.383 e. The summed E-state index contributed by atoms with van der Waals surface area (Å²) in [6.07, 6.45) is 0. The van der Waals surface area contributed by atoms with Crippen LogP contribution in [-0.4, -0.2) is 19.8 Å². The fourth-order valence-corrected chi connectivity index (χ4v) is 1.64. The van der Waals surface area contributed by atoms with Crippen molar-refractivity contribution < 1.29 is 4.74 Å². The number of ether oxygens (including phenoxy) is 1. The Hall–Kier alpha value is -0.570. The van der Waals surface area contributed by atoms with E-state index in [0.717, 1.165) is 18.2 Å². The van der Waals surface area contributed by atoms with Crippen LogP contribution in [0.3, 0.4) is 0 Å². The molecule has 0 saturated heterocycles. The van der Waals surface area contributed by atoms with Crippen molar-refractivity contribution in [3.05, 3.63) is 34.9 Å². The molecule has 1 unspecified atom stereocenters. The molecule has 1 N–H and O–H groups in total. The molecule has 0 bridgehead atoms. The third-order valence-corrected chi connectivity index (χ3v) is 2.88. The second kappa shape index (κ2) is 6.89. The highest BCUT2D eigenvalue weighted by molar-refractivity contribution is 6.30. The second-order valence-electron chi connectivity index (χ2n) is 4.31. The lowest BCUT2D eigenvalue weighted by atomic mass is 10.1. The molecule has 90 valence electrons. The van der Waals surface area contributed by atoms with Crippen molar-refractivity contribution >= 4 is 11.6 Å². The predicted octanol–water partition coefficient (Wildman–Crippen LogP) is 3.10. The Balaban J connectivity index is 2.45. The predicted molar refractivity (Wildman–Crippen MR) is 68.8 cm³/mol. The first-order chi connectivity index (χ1) is 7.63. The second-order valence-corrected chi connectivity index (χ2v) is 4.75. The summed E-state index contributed by atoms with van der Waals surface area (Å²) in [5, 5.41) is 4.27. The number of halogens is 1. The molecule has 0 aliphatic heterocycles. The average Bonchev–Trinajstić information content (AvgIpc) is 2.26. The fraction of sp³-hybridized carbons (Fsp3) is 0.538. The van der Waals surface area contributed by atoms with Crippen LogP contribution in [0.4, 0.5) is 0 Å². The first kappa shape index (κ1) is 13.5. The van der Waals surface area contributed by atoms with Gasteiger partial charge in [-0.3, -0.25) is 0 Å². The molecule has 0 aromatic heterocycles. The summed E-state index contributed by atoms with van der Waals surface area (Å²) in [6.45, 7) is 5.98. The summed E-state index contributed by atoms with van der Waals surface area (Å²) in [6, 6.07) is 8.30. The molecule has 0 spiro atoms. The van der Waals surface area contributed by atoms with Crippen molar-refractivity contribution in [2.24, 2.45) is 5.92 Å². The van der Waals surface area contributed by atoms with Crippen LogP contribution in [0.2, 0.25) is 5.02 Å². The number of nitrogens with one attached hydrogen (secondary N) is 1. The maximum Gasteiger partial charge on any atom is 0.0618 e. The van der Waals surface area contributed by atoms with Gasteiger partial charge in [0.25, 0.3) is 0 Å². The van der Waals surface area contributed by atoms with E-state index in [4.69, 9.17) is 16.3 Å². The van der Waals surface area contributed by atoms with Crippen LogP contribution < -0.4 is 5.32 Å². The lowest BCUT2D eigenvalue weighted by molar-refractivity contribution is 0.146. The van der Waals surface area contributed by atoms with E-state index in [1.54, 1.807) is 7.11 Å². The first-order valence-electron chi connectivity index (χ1n) is 5.60. The van der Waals surface area contributed by atoms with E-state index in [1.807, 2.05) is 24.3 Å². The zero-order chi connectivity index (χ0) is 12.0. The van der Waals surface area contributed by atoms with E-state index in [9.17, 15) is 0 Å². The lowest BCUT2D eigenvalue weighted by Crippen LogP contribution is -2.37. The van der Waals surface area contributed by atoms with E-state index >= 15 is 0 Å². The zero-order valence-corrected chi connectivity index (χ0v) is 10.9. The summed E-state index contributed by atoms with van der Waals surface area (Å²) in [5.41, 5.74) is 1.24. The minimum atomic E-state index is 0.390. The topological polar surface area (TPSA) is 21.3 Å². The SMILES string of the molecule is COCC(NCc1ccc(Cl)cc1)C(C)C. The first-order valence-corrected chi connectivity index (χ1v) is 5.98. The number of rotatable bonds is 6. The molecule has 2 nitrogen and oxygen atoms in total. The summed E-state index contributed by atoms with van der Waals surface area (Å²) in [5.74, 6) is 0.562. The molecule has 0 heterocycles. The van der Waals surface area contributed by atoms with Gasteiger partial charge in [0.2, 0.25) is 0 Å². The van der Waals surface area contributed by atoms with Crippen LogP contribution in [0, 0.1) is 5.92 Å². The van der Waals surface area contributed by atoms with Crippen molar-refractivity contribution in [1.29, 1.82) is 0 Å². The Bertz CT molecular complexity index is 297. The van der Waals surface area contributed by atoms with Gasteiger partial charge in [-0.25, -0.2) is 0 Å². The fourth-order valence-electron chi connectivity index (χ4n) is 1.52. The number of methoxy groups -OCH3 is 1.